The predicted octanol–water partition coefficient (Wildman–Crippen LogP) is 3.45. The number of unbranched alkanes of at least 4 members (excludes halogenated alkanes) is 1. The van der Waals surface area contributed by atoms with Gasteiger partial charge < -0.3 is 9.15 Å². The van der Waals surface area contributed by atoms with E-state index in [0.29, 0.717) is 6.42 Å². The zero-order valence-electron chi connectivity index (χ0n) is 8.87. The number of carbonyl (C=O) groups is 1. The van der Waals surface area contributed by atoms with Crippen LogP contribution in [0, 0.1) is 10.1 Å². The first-order valence-electron chi connectivity index (χ1n) is 4.78. The van der Waals surface area contributed by atoms with Gasteiger partial charge in [-0.2, -0.15) is 0 Å². The highest BCUT2D eigenvalue weighted by Crippen LogP contribution is 2.37. The molecule has 8 heteroatoms. The van der Waals surface area contributed by atoms with E-state index in [4.69, 9.17) is 27.9 Å². The summed E-state index contributed by atoms with van der Waals surface area (Å²) >= 11 is 11.2. The van der Waals surface area contributed by atoms with Gasteiger partial charge in [-0.25, -0.2) is 4.79 Å². The van der Waals surface area contributed by atoms with Crippen LogP contribution in [0.4, 0.5) is 5.88 Å². The number of esters is 1. The van der Waals surface area contributed by atoms with Gasteiger partial charge in [0.15, 0.2) is 5.02 Å². The van der Waals surface area contributed by atoms with E-state index in [1.165, 1.54) is 0 Å². The lowest BCUT2D eigenvalue weighted by molar-refractivity contribution is -0.402. The highest BCUT2D eigenvalue weighted by molar-refractivity contribution is 6.44. The molecule has 0 aliphatic rings. The van der Waals surface area contributed by atoms with E-state index in [9.17, 15) is 14.9 Å². The van der Waals surface area contributed by atoms with E-state index in [1.54, 1.807) is 0 Å². The summed E-state index contributed by atoms with van der Waals surface area (Å²) in [4.78, 5) is 21.1. The Morgan fingerprint density at radius 2 is 2.12 bits per heavy atom. The number of rotatable bonds is 5. The molecule has 0 aliphatic carbocycles. The van der Waals surface area contributed by atoms with Crippen LogP contribution < -0.4 is 0 Å². The fourth-order valence-corrected chi connectivity index (χ4v) is 1.39. The molecular formula is C9H9Cl2NO5. The molecule has 1 aromatic rings. The Bertz CT molecular complexity index is 443. The zero-order valence-corrected chi connectivity index (χ0v) is 10.4. The monoisotopic (exact) mass is 281 g/mol. The number of hydrogen-bond acceptors (Lipinski definition) is 5. The van der Waals surface area contributed by atoms with Gasteiger partial charge in [0.05, 0.1) is 6.61 Å². The van der Waals surface area contributed by atoms with Crippen molar-refractivity contribution in [3.8, 4) is 0 Å². The van der Waals surface area contributed by atoms with Gasteiger partial charge in [0.1, 0.15) is 9.95 Å². The Balaban J connectivity index is 2.87. The van der Waals surface area contributed by atoms with Gasteiger partial charge in [0, 0.05) is 0 Å². The smallest absolute Gasteiger partial charge is 0.454 e. The summed E-state index contributed by atoms with van der Waals surface area (Å²) in [6, 6.07) is 0. The van der Waals surface area contributed by atoms with Crippen LogP contribution in [-0.2, 0) is 4.74 Å². The molecule has 0 atom stereocenters. The average Bonchev–Trinajstić information content (AvgIpc) is 2.56. The molecule has 0 unspecified atom stereocenters. The standard InChI is InChI=1S/C9H9Cl2NO5/c1-2-3-4-16-9(13)7-5(10)6(11)8(17-7)12(14)15/h2-4H2,1H3. The molecular weight excluding hydrogens is 273 g/mol. The Kier molecular flexibility index (Phi) is 4.77. The highest BCUT2D eigenvalue weighted by Gasteiger charge is 2.30. The van der Waals surface area contributed by atoms with Crippen molar-refractivity contribution in [3.05, 3.63) is 25.9 Å². The maximum absolute atomic E-state index is 11.4. The van der Waals surface area contributed by atoms with E-state index >= 15 is 0 Å². The molecule has 1 heterocycles. The van der Waals surface area contributed by atoms with Crippen LogP contribution in [0.3, 0.4) is 0 Å². The van der Waals surface area contributed by atoms with E-state index in [1.807, 2.05) is 6.92 Å². The number of halogens is 2. The number of furan rings is 1. The van der Waals surface area contributed by atoms with Crippen molar-refractivity contribution in [1.29, 1.82) is 0 Å². The van der Waals surface area contributed by atoms with Crippen molar-refractivity contribution >= 4 is 35.1 Å². The molecule has 0 aliphatic heterocycles. The van der Waals surface area contributed by atoms with Gasteiger partial charge in [-0.1, -0.05) is 36.5 Å². The molecule has 0 spiro atoms. The second-order valence-electron chi connectivity index (χ2n) is 3.11. The summed E-state index contributed by atoms with van der Waals surface area (Å²) < 4.78 is 9.46. The first-order chi connectivity index (χ1) is 7.99. The molecule has 0 saturated heterocycles. The third-order valence-corrected chi connectivity index (χ3v) is 2.67. The van der Waals surface area contributed by atoms with Crippen molar-refractivity contribution in [1.82, 2.24) is 0 Å². The van der Waals surface area contributed by atoms with E-state index in [2.05, 4.69) is 4.42 Å². The van der Waals surface area contributed by atoms with Crippen LogP contribution in [0.5, 0.6) is 0 Å². The van der Waals surface area contributed by atoms with Gasteiger partial charge in [0.25, 0.3) is 0 Å². The molecule has 0 aromatic carbocycles. The lowest BCUT2D eigenvalue weighted by Crippen LogP contribution is -2.05. The summed E-state index contributed by atoms with van der Waals surface area (Å²) in [5, 5.41) is 9.78. The molecule has 0 radical (unpaired) electrons. The Labute approximate surface area is 107 Å². The molecule has 6 nitrogen and oxygen atoms in total. The highest BCUT2D eigenvalue weighted by atomic mass is 35.5. The average molecular weight is 282 g/mol. The van der Waals surface area contributed by atoms with E-state index < -0.39 is 27.6 Å². The minimum Gasteiger partial charge on any atom is -0.460 e. The third-order valence-electron chi connectivity index (χ3n) is 1.86. The fraction of sp³-hybridized carbons (Fsp3) is 0.444. The summed E-state index contributed by atoms with van der Waals surface area (Å²) in [5.41, 5.74) is 0. The van der Waals surface area contributed by atoms with E-state index in [0.717, 1.165) is 6.42 Å². The molecule has 1 aromatic heterocycles. The summed E-state index contributed by atoms with van der Waals surface area (Å²) in [6.07, 6.45) is 1.53. The third kappa shape index (κ3) is 3.10. The quantitative estimate of drug-likeness (QED) is 0.357. The first kappa shape index (κ1) is 13.8. The van der Waals surface area contributed by atoms with Gasteiger partial charge in [-0.3, -0.25) is 10.1 Å². The van der Waals surface area contributed by atoms with Crippen LogP contribution in [-0.4, -0.2) is 17.5 Å². The molecule has 0 amide bonds. The second-order valence-corrected chi connectivity index (χ2v) is 3.87. The topological polar surface area (TPSA) is 82.6 Å². The minimum absolute atomic E-state index is 0.192. The largest absolute Gasteiger partial charge is 0.460 e. The van der Waals surface area contributed by atoms with Crippen molar-refractivity contribution in [2.75, 3.05) is 6.61 Å². The zero-order chi connectivity index (χ0) is 13.0. The normalized spacial score (nSPS) is 10.3. The van der Waals surface area contributed by atoms with Crippen molar-refractivity contribution in [2.24, 2.45) is 0 Å². The van der Waals surface area contributed by atoms with Crippen LogP contribution in [0.15, 0.2) is 4.42 Å². The maximum atomic E-state index is 11.4. The van der Waals surface area contributed by atoms with E-state index in [-0.39, 0.29) is 11.6 Å². The fourth-order valence-electron chi connectivity index (χ4n) is 1.00. The van der Waals surface area contributed by atoms with Crippen LogP contribution in [0.2, 0.25) is 10.0 Å². The number of nitrogens with zero attached hydrogens (tertiary/aromatic N) is 1. The Morgan fingerprint density at radius 1 is 1.47 bits per heavy atom. The van der Waals surface area contributed by atoms with Crippen molar-refractivity contribution in [2.45, 2.75) is 19.8 Å². The Morgan fingerprint density at radius 3 is 2.59 bits per heavy atom. The number of carbonyl (C=O) groups excluding carboxylic acids is 1. The Hall–Kier alpha value is -1.27. The lowest BCUT2D eigenvalue weighted by atomic mass is 10.4. The van der Waals surface area contributed by atoms with Gasteiger partial charge in [0.2, 0.25) is 5.76 Å². The lowest BCUT2D eigenvalue weighted by Gasteiger charge is -2.00. The molecule has 0 saturated carbocycles. The molecule has 94 valence electrons. The first-order valence-corrected chi connectivity index (χ1v) is 5.53. The van der Waals surface area contributed by atoms with Gasteiger partial charge >= 0.3 is 11.9 Å². The predicted molar refractivity (Wildman–Crippen MR) is 60.6 cm³/mol. The maximum Gasteiger partial charge on any atom is 0.454 e. The summed E-state index contributed by atoms with van der Waals surface area (Å²) in [7, 11) is 0. The number of hydrogen-bond donors (Lipinski definition) is 0. The minimum atomic E-state index is -0.864. The molecule has 0 N–H and O–H groups in total. The second kappa shape index (κ2) is 5.88. The number of ether oxygens (including phenoxy) is 1. The number of nitro groups is 1. The van der Waals surface area contributed by atoms with Crippen LogP contribution in [0.25, 0.3) is 0 Å². The van der Waals surface area contributed by atoms with Gasteiger partial charge in [-0.05, 0) is 6.42 Å². The molecule has 0 fully saturated rings. The SMILES string of the molecule is CCCCOC(=O)c1oc([N+](=O)[O-])c(Cl)c1Cl. The molecule has 1 rings (SSSR count). The van der Waals surface area contributed by atoms with Crippen LogP contribution >= 0.6 is 23.2 Å². The summed E-state index contributed by atoms with van der Waals surface area (Å²) in [5.74, 6) is -2.07. The molecule has 17 heavy (non-hydrogen) atoms. The van der Waals surface area contributed by atoms with Crippen molar-refractivity contribution < 1.29 is 18.9 Å². The summed E-state index contributed by atoms with van der Waals surface area (Å²) in [6.45, 7) is 2.12. The van der Waals surface area contributed by atoms with Gasteiger partial charge in [-0.15, -0.1) is 0 Å². The molecule has 0 bridgehead atoms. The van der Waals surface area contributed by atoms with Crippen molar-refractivity contribution in [3.63, 3.8) is 0 Å². The van der Waals surface area contributed by atoms with Crippen LogP contribution in [0.1, 0.15) is 30.3 Å².